The van der Waals surface area contributed by atoms with E-state index in [-0.39, 0.29) is 5.41 Å². The lowest BCUT2D eigenvalue weighted by Crippen LogP contribution is -2.26. The predicted molar refractivity (Wildman–Crippen MR) is 181 cm³/mol. The highest BCUT2D eigenvalue weighted by molar-refractivity contribution is 5.96. The van der Waals surface area contributed by atoms with Crippen molar-refractivity contribution < 1.29 is 0 Å². The number of para-hydroxylation sites is 1. The Labute approximate surface area is 254 Å². The van der Waals surface area contributed by atoms with E-state index in [9.17, 15) is 0 Å². The highest BCUT2D eigenvalue weighted by Gasteiger charge is 2.50. The quantitative estimate of drug-likeness (QED) is 0.211. The highest BCUT2D eigenvalue weighted by Crippen LogP contribution is 2.62. The van der Waals surface area contributed by atoms with Crippen LogP contribution in [-0.4, -0.2) is 0 Å². The van der Waals surface area contributed by atoms with Crippen LogP contribution in [0, 0.1) is 6.92 Å². The average Bonchev–Trinajstić information content (AvgIpc) is 3.48. The maximum Gasteiger partial charge on any atom is 0.0683 e. The van der Waals surface area contributed by atoms with E-state index in [1.807, 2.05) is 0 Å². The molecule has 1 heteroatoms. The van der Waals surface area contributed by atoms with E-state index in [1.165, 1.54) is 61.2 Å². The molecule has 2 aliphatic rings. The fourth-order valence-electron chi connectivity index (χ4n) is 7.57. The van der Waals surface area contributed by atoms with Gasteiger partial charge in [0.25, 0.3) is 0 Å². The van der Waals surface area contributed by atoms with Gasteiger partial charge < -0.3 is 4.90 Å². The summed E-state index contributed by atoms with van der Waals surface area (Å²) in [5.74, 6) is 0. The monoisotopic (exact) mass is 551 g/mol. The molecule has 1 atom stereocenters. The average molecular weight is 552 g/mol. The summed E-state index contributed by atoms with van der Waals surface area (Å²) in [6, 6.07) is 53.6. The molecule has 1 spiro atoms. The van der Waals surface area contributed by atoms with Gasteiger partial charge in [0.05, 0.1) is 11.1 Å². The van der Waals surface area contributed by atoms with Crippen molar-refractivity contribution in [2.75, 3.05) is 4.90 Å². The summed E-state index contributed by atoms with van der Waals surface area (Å²) in [7, 11) is 0. The van der Waals surface area contributed by atoms with Crippen molar-refractivity contribution in [3.8, 4) is 22.3 Å². The van der Waals surface area contributed by atoms with Crippen molar-refractivity contribution in [1.82, 2.24) is 0 Å². The summed E-state index contributed by atoms with van der Waals surface area (Å²) in [5.41, 5.74) is 17.8. The molecule has 1 unspecified atom stereocenters. The number of aryl methyl sites for hydroxylation is 1. The van der Waals surface area contributed by atoms with E-state index in [2.05, 4.69) is 171 Å². The Balaban J connectivity index is 1.42. The van der Waals surface area contributed by atoms with Crippen LogP contribution in [0.2, 0.25) is 0 Å². The lowest BCUT2D eigenvalue weighted by atomic mass is 9.70. The Morgan fingerprint density at radius 2 is 1.00 bits per heavy atom. The zero-order valence-electron chi connectivity index (χ0n) is 24.8. The van der Waals surface area contributed by atoms with Crippen LogP contribution in [0.1, 0.15) is 41.7 Å². The van der Waals surface area contributed by atoms with Crippen LogP contribution in [0.5, 0.6) is 0 Å². The van der Waals surface area contributed by atoms with E-state index in [0.29, 0.717) is 0 Å². The van der Waals surface area contributed by atoms with E-state index in [4.69, 9.17) is 0 Å². The van der Waals surface area contributed by atoms with Gasteiger partial charge in [0, 0.05) is 16.9 Å². The molecule has 0 saturated heterocycles. The number of fused-ring (bicyclic) bond motifs is 7. The molecule has 0 aliphatic heterocycles. The van der Waals surface area contributed by atoms with Crippen LogP contribution in [0.15, 0.2) is 151 Å². The summed E-state index contributed by atoms with van der Waals surface area (Å²) in [6.07, 6.45) is 0. The number of benzene rings is 6. The van der Waals surface area contributed by atoms with Crippen LogP contribution in [0.4, 0.5) is 17.1 Å². The zero-order chi connectivity index (χ0) is 29.1. The molecule has 0 radical (unpaired) electrons. The van der Waals surface area contributed by atoms with Crippen LogP contribution in [0.3, 0.4) is 0 Å². The molecule has 6 aromatic rings. The SMILES string of the molecule is CC1=C(C)C2(c3ccccc31)c1ccccc1-c1ccc(N(c3ccc(C)cc3)c3ccccc3-c3ccccc3)cc12. The van der Waals surface area contributed by atoms with Gasteiger partial charge in [0.15, 0.2) is 0 Å². The molecule has 0 amide bonds. The largest absolute Gasteiger partial charge is 0.310 e. The fourth-order valence-corrected chi connectivity index (χ4v) is 7.57. The Hall–Kier alpha value is -5.14. The summed E-state index contributed by atoms with van der Waals surface area (Å²) < 4.78 is 0. The van der Waals surface area contributed by atoms with Crippen LogP contribution >= 0.6 is 0 Å². The Kier molecular flexibility index (Phi) is 5.77. The molecule has 2 aliphatic carbocycles. The van der Waals surface area contributed by atoms with Gasteiger partial charge in [-0.25, -0.2) is 0 Å². The Morgan fingerprint density at radius 1 is 0.442 bits per heavy atom. The number of hydrogen-bond acceptors (Lipinski definition) is 1. The first-order valence-electron chi connectivity index (χ1n) is 15.1. The van der Waals surface area contributed by atoms with Crippen molar-refractivity contribution in [2.24, 2.45) is 0 Å². The molecule has 0 bridgehead atoms. The van der Waals surface area contributed by atoms with Crippen molar-refractivity contribution in [3.63, 3.8) is 0 Å². The number of nitrogens with zero attached hydrogens (tertiary/aromatic N) is 1. The third-order valence-electron chi connectivity index (χ3n) is 9.67. The second-order valence-corrected chi connectivity index (χ2v) is 11.9. The normalized spacial score (nSPS) is 16.3. The molecule has 6 aromatic carbocycles. The van der Waals surface area contributed by atoms with Gasteiger partial charge >= 0.3 is 0 Å². The second-order valence-electron chi connectivity index (χ2n) is 11.9. The molecular weight excluding hydrogens is 518 g/mol. The van der Waals surface area contributed by atoms with E-state index < -0.39 is 0 Å². The van der Waals surface area contributed by atoms with Crippen LogP contribution in [0.25, 0.3) is 27.8 Å². The first kappa shape index (κ1) is 25.6. The first-order valence-corrected chi connectivity index (χ1v) is 15.1. The van der Waals surface area contributed by atoms with Gasteiger partial charge in [0.2, 0.25) is 0 Å². The lowest BCUT2D eigenvalue weighted by molar-refractivity contribution is 0.766. The molecule has 0 N–H and O–H groups in total. The van der Waals surface area contributed by atoms with Crippen molar-refractivity contribution in [2.45, 2.75) is 26.2 Å². The molecular formula is C42H33N. The van der Waals surface area contributed by atoms with Crippen molar-refractivity contribution in [3.05, 3.63) is 179 Å². The van der Waals surface area contributed by atoms with Crippen molar-refractivity contribution in [1.29, 1.82) is 0 Å². The summed E-state index contributed by atoms with van der Waals surface area (Å²) in [4.78, 5) is 2.44. The van der Waals surface area contributed by atoms with Gasteiger partial charge in [-0.3, -0.25) is 0 Å². The lowest BCUT2D eigenvalue weighted by Gasteiger charge is -2.33. The fraction of sp³-hybridized carbons (Fsp3) is 0.0952. The highest BCUT2D eigenvalue weighted by atomic mass is 15.1. The standard InChI is InChI=1S/C42H33N/c1-28-21-23-32(24-22-28)43(41-20-12-9-16-35(41)31-13-5-4-6-14-31)33-25-26-37-36-17-8-11-19-39(36)42(40(37)27-33)30(3)29(2)34-15-7-10-18-38(34)42/h4-27H,1-3H3. The third kappa shape index (κ3) is 3.64. The number of anilines is 3. The molecule has 8 rings (SSSR count). The molecule has 0 aromatic heterocycles. The minimum absolute atomic E-state index is 0.305. The topological polar surface area (TPSA) is 3.24 Å². The van der Waals surface area contributed by atoms with Gasteiger partial charge in [-0.15, -0.1) is 0 Å². The third-order valence-corrected chi connectivity index (χ3v) is 9.67. The van der Waals surface area contributed by atoms with Gasteiger partial charge in [-0.05, 0) is 95.6 Å². The van der Waals surface area contributed by atoms with E-state index >= 15 is 0 Å². The van der Waals surface area contributed by atoms with E-state index in [0.717, 1.165) is 17.1 Å². The number of hydrogen-bond donors (Lipinski definition) is 0. The summed E-state index contributed by atoms with van der Waals surface area (Å²) in [5, 5.41) is 0. The Bertz CT molecular complexity index is 2050. The second kappa shape index (κ2) is 9.71. The molecule has 0 heterocycles. The minimum atomic E-state index is -0.305. The maximum atomic E-state index is 2.47. The van der Waals surface area contributed by atoms with Crippen LogP contribution in [-0.2, 0) is 5.41 Å². The molecule has 0 fully saturated rings. The molecule has 0 saturated carbocycles. The molecule has 43 heavy (non-hydrogen) atoms. The maximum absolute atomic E-state index is 2.47. The van der Waals surface area contributed by atoms with Crippen molar-refractivity contribution >= 4 is 22.6 Å². The Morgan fingerprint density at radius 3 is 1.74 bits per heavy atom. The van der Waals surface area contributed by atoms with Gasteiger partial charge in [-0.2, -0.15) is 0 Å². The summed E-state index contributed by atoms with van der Waals surface area (Å²) in [6.45, 7) is 6.79. The molecule has 1 nitrogen and oxygen atoms in total. The predicted octanol–water partition coefficient (Wildman–Crippen LogP) is 11.3. The van der Waals surface area contributed by atoms with Gasteiger partial charge in [-0.1, -0.05) is 126 Å². The smallest absolute Gasteiger partial charge is 0.0683 e. The molecule has 206 valence electrons. The van der Waals surface area contributed by atoms with E-state index in [1.54, 1.807) is 0 Å². The summed E-state index contributed by atoms with van der Waals surface area (Å²) >= 11 is 0. The number of rotatable bonds is 4. The number of allylic oxidation sites excluding steroid dienone is 2. The zero-order valence-corrected chi connectivity index (χ0v) is 24.8. The van der Waals surface area contributed by atoms with Crippen LogP contribution < -0.4 is 4.90 Å². The van der Waals surface area contributed by atoms with Gasteiger partial charge in [0.1, 0.15) is 0 Å². The minimum Gasteiger partial charge on any atom is -0.310 e. The first-order chi connectivity index (χ1) is 21.1.